The Morgan fingerprint density at radius 3 is 2.52 bits per heavy atom. The number of ether oxygens (including phenoxy) is 2. The molecule has 0 bridgehead atoms. The van der Waals surface area contributed by atoms with Crippen LogP contribution in [0.1, 0.15) is 12.0 Å². The fourth-order valence-corrected chi connectivity index (χ4v) is 3.12. The van der Waals surface area contributed by atoms with Crippen LogP contribution >= 0.6 is 0 Å². The molecule has 2 aromatic carbocycles. The molecule has 3 rings (SSSR count). The summed E-state index contributed by atoms with van der Waals surface area (Å²) in [5.74, 6) is 1.20. The summed E-state index contributed by atoms with van der Waals surface area (Å²) in [7, 11) is -3.66. The maximum Gasteiger partial charge on any atom is 0.238 e. The molecule has 1 aliphatic rings. The van der Waals surface area contributed by atoms with E-state index in [2.05, 4.69) is 10.6 Å². The highest BCUT2D eigenvalue weighted by Crippen LogP contribution is 2.34. The van der Waals surface area contributed by atoms with E-state index >= 15 is 0 Å². The van der Waals surface area contributed by atoms with E-state index in [1.165, 1.54) is 12.1 Å². The van der Waals surface area contributed by atoms with Gasteiger partial charge in [0.25, 0.3) is 0 Å². The zero-order valence-corrected chi connectivity index (χ0v) is 15.4. The monoisotopic (exact) mass is 391 g/mol. The molecule has 0 aliphatic carbocycles. The smallest absolute Gasteiger partial charge is 0.238 e. The van der Waals surface area contributed by atoms with Crippen LogP contribution in [0.2, 0.25) is 0 Å². The second kappa shape index (κ2) is 8.38. The molecule has 1 heterocycles. The van der Waals surface area contributed by atoms with E-state index in [0.717, 1.165) is 5.56 Å². The van der Waals surface area contributed by atoms with Gasteiger partial charge in [-0.25, -0.2) is 13.6 Å². The van der Waals surface area contributed by atoms with Crippen LogP contribution < -0.4 is 25.2 Å². The van der Waals surface area contributed by atoms with Crippen LogP contribution in [0.3, 0.4) is 0 Å². The van der Waals surface area contributed by atoms with Crippen LogP contribution in [0.5, 0.6) is 11.5 Å². The van der Waals surface area contributed by atoms with E-state index < -0.39 is 10.0 Å². The van der Waals surface area contributed by atoms with E-state index in [9.17, 15) is 13.2 Å². The predicted molar refractivity (Wildman–Crippen MR) is 100 cm³/mol. The minimum absolute atomic E-state index is 0.0967. The molecule has 0 saturated carbocycles. The molecule has 0 aromatic heterocycles. The molecule has 1 amide bonds. The van der Waals surface area contributed by atoms with E-state index in [0.29, 0.717) is 43.1 Å². The van der Waals surface area contributed by atoms with Crippen LogP contribution in [0.15, 0.2) is 47.4 Å². The van der Waals surface area contributed by atoms with E-state index in [1.54, 1.807) is 30.3 Å². The predicted octanol–water partition coefficient (Wildman–Crippen LogP) is 1.22. The Morgan fingerprint density at radius 2 is 1.78 bits per heavy atom. The maximum absolute atomic E-state index is 12.0. The molecule has 0 fully saturated rings. The lowest BCUT2D eigenvalue weighted by atomic mass is 10.1. The van der Waals surface area contributed by atoms with E-state index in [1.807, 2.05) is 0 Å². The summed E-state index contributed by atoms with van der Waals surface area (Å²) in [5, 5.41) is 11.1. The van der Waals surface area contributed by atoms with Crippen molar-refractivity contribution in [2.45, 2.75) is 17.7 Å². The third-order valence-electron chi connectivity index (χ3n) is 4.03. The van der Waals surface area contributed by atoms with Gasteiger partial charge in [-0.1, -0.05) is 12.1 Å². The standard InChI is InChI=1S/C18H21N3O5S/c19-27(23,24)15-4-1-13(2-5-15)7-9-20-10-8-18(22)21-14-3-6-16-17(11-14)26-12-25-16/h1-6,11,20H,7-10,12H2,(H,21,22)(H2,19,23,24). The fourth-order valence-electron chi connectivity index (χ4n) is 2.60. The molecule has 0 atom stereocenters. The second-order valence-electron chi connectivity index (χ2n) is 6.06. The summed E-state index contributed by atoms with van der Waals surface area (Å²) in [6.45, 7) is 1.40. The number of primary sulfonamides is 1. The lowest BCUT2D eigenvalue weighted by Crippen LogP contribution is -2.23. The van der Waals surface area contributed by atoms with Crippen molar-refractivity contribution in [2.75, 3.05) is 25.2 Å². The quantitative estimate of drug-likeness (QED) is 0.582. The Kier molecular flexibility index (Phi) is 5.94. The molecule has 144 valence electrons. The number of nitrogens with one attached hydrogen (secondary N) is 2. The van der Waals surface area contributed by atoms with Gasteiger partial charge in [-0.05, 0) is 42.8 Å². The van der Waals surface area contributed by atoms with Gasteiger partial charge in [-0.2, -0.15) is 0 Å². The molecule has 0 radical (unpaired) electrons. The number of hydrogen-bond donors (Lipinski definition) is 3. The van der Waals surface area contributed by atoms with Crippen LogP contribution in [0, 0.1) is 0 Å². The highest BCUT2D eigenvalue weighted by Gasteiger charge is 2.14. The number of hydrogen-bond acceptors (Lipinski definition) is 6. The van der Waals surface area contributed by atoms with Gasteiger partial charge in [0.05, 0.1) is 4.90 Å². The van der Waals surface area contributed by atoms with Crippen molar-refractivity contribution >= 4 is 21.6 Å². The maximum atomic E-state index is 12.0. The Hall–Kier alpha value is -2.62. The van der Waals surface area contributed by atoms with Crippen LogP contribution in [-0.2, 0) is 21.2 Å². The topological polar surface area (TPSA) is 120 Å². The average Bonchev–Trinajstić information content (AvgIpc) is 3.09. The van der Waals surface area contributed by atoms with E-state index in [4.69, 9.17) is 14.6 Å². The first kappa shape index (κ1) is 19.2. The molecule has 8 nitrogen and oxygen atoms in total. The van der Waals surface area contributed by atoms with Crippen molar-refractivity contribution in [3.8, 4) is 11.5 Å². The van der Waals surface area contributed by atoms with Crippen molar-refractivity contribution in [2.24, 2.45) is 5.14 Å². The number of nitrogens with two attached hydrogens (primary N) is 1. The number of anilines is 1. The Bertz CT molecular complexity index is 913. The first-order valence-electron chi connectivity index (χ1n) is 8.44. The second-order valence-corrected chi connectivity index (χ2v) is 7.62. The van der Waals surface area contributed by atoms with Gasteiger partial charge in [0.2, 0.25) is 22.7 Å². The zero-order valence-electron chi connectivity index (χ0n) is 14.6. The van der Waals surface area contributed by atoms with Gasteiger partial charge in [-0.15, -0.1) is 0 Å². The molecular formula is C18H21N3O5S. The number of carbonyl (C=O) groups excluding carboxylic acids is 1. The molecule has 2 aromatic rings. The largest absolute Gasteiger partial charge is 0.454 e. The van der Waals surface area contributed by atoms with Gasteiger partial charge in [0.1, 0.15) is 0 Å². The van der Waals surface area contributed by atoms with Crippen LogP contribution in [-0.4, -0.2) is 34.2 Å². The van der Waals surface area contributed by atoms with Crippen molar-refractivity contribution < 1.29 is 22.7 Å². The SMILES string of the molecule is NS(=O)(=O)c1ccc(CCNCCC(=O)Nc2ccc3c(c2)OCO3)cc1. The average molecular weight is 391 g/mol. The molecule has 4 N–H and O–H groups in total. The fraction of sp³-hybridized carbons (Fsp3) is 0.278. The minimum Gasteiger partial charge on any atom is -0.454 e. The summed E-state index contributed by atoms with van der Waals surface area (Å²) < 4.78 is 32.9. The van der Waals surface area contributed by atoms with Crippen molar-refractivity contribution in [3.05, 3.63) is 48.0 Å². The highest BCUT2D eigenvalue weighted by molar-refractivity contribution is 7.89. The Morgan fingerprint density at radius 1 is 1.04 bits per heavy atom. The summed E-state index contributed by atoms with van der Waals surface area (Å²) in [4.78, 5) is 12.1. The van der Waals surface area contributed by atoms with Crippen molar-refractivity contribution in [3.63, 3.8) is 0 Å². The third kappa shape index (κ3) is 5.43. The number of benzene rings is 2. The number of amides is 1. The molecular weight excluding hydrogens is 370 g/mol. The lowest BCUT2D eigenvalue weighted by Gasteiger charge is -2.08. The normalized spacial score (nSPS) is 12.8. The van der Waals surface area contributed by atoms with Gasteiger partial charge in [-0.3, -0.25) is 4.79 Å². The van der Waals surface area contributed by atoms with Gasteiger partial charge in [0, 0.05) is 24.7 Å². The number of fused-ring (bicyclic) bond motifs is 1. The summed E-state index contributed by atoms with van der Waals surface area (Å²) in [6, 6.07) is 11.7. The molecule has 9 heteroatoms. The van der Waals surface area contributed by atoms with Crippen LogP contribution in [0.25, 0.3) is 0 Å². The highest BCUT2D eigenvalue weighted by atomic mass is 32.2. The van der Waals surface area contributed by atoms with Crippen molar-refractivity contribution in [1.29, 1.82) is 0 Å². The first-order chi connectivity index (χ1) is 12.9. The zero-order chi connectivity index (χ0) is 19.3. The number of carbonyl (C=O) groups is 1. The van der Waals surface area contributed by atoms with Crippen LogP contribution in [0.4, 0.5) is 5.69 Å². The summed E-state index contributed by atoms with van der Waals surface area (Å²) in [5.41, 5.74) is 1.65. The third-order valence-corrected chi connectivity index (χ3v) is 4.96. The Balaban J connectivity index is 1.36. The number of rotatable bonds is 8. The molecule has 0 spiro atoms. The van der Waals surface area contributed by atoms with Gasteiger partial charge in [0.15, 0.2) is 11.5 Å². The van der Waals surface area contributed by atoms with Gasteiger partial charge < -0.3 is 20.1 Å². The summed E-state index contributed by atoms with van der Waals surface area (Å²) >= 11 is 0. The van der Waals surface area contributed by atoms with E-state index in [-0.39, 0.29) is 17.6 Å². The van der Waals surface area contributed by atoms with Gasteiger partial charge >= 0.3 is 0 Å². The minimum atomic E-state index is -3.66. The Labute approximate surface area is 157 Å². The molecule has 1 aliphatic heterocycles. The lowest BCUT2D eigenvalue weighted by molar-refractivity contribution is -0.116. The molecule has 27 heavy (non-hydrogen) atoms. The van der Waals surface area contributed by atoms with Crippen molar-refractivity contribution in [1.82, 2.24) is 5.32 Å². The molecule has 0 saturated heterocycles. The first-order valence-corrected chi connectivity index (χ1v) is 9.98. The summed E-state index contributed by atoms with van der Waals surface area (Å²) in [6.07, 6.45) is 1.05. The molecule has 0 unspecified atom stereocenters. The number of sulfonamides is 1.